The third-order valence-electron chi connectivity index (χ3n) is 3.25. The van der Waals surface area contributed by atoms with E-state index in [0.29, 0.717) is 29.6 Å². The highest BCUT2D eigenvalue weighted by Crippen LogP contribution is 2.37. The molecule has 0 aliphatic heterocycles. The number of hydrogen-bond donors (Lipinski definition) is 1. The predicted molar refractivity (Wildman–Crippen MR) is 95.8 cm³/mol. The lowest BCUT2D eigenvalue weighted by atomic mass is 10.1. The van der Waals surface area contributed by atoms with Gasteiger partial charge >= 0.3 is 0 Å². The second-order valence-corrected chi connectivity index (χ2v) is 6.28. The van der Waals surface area contributed by atoms with Crippen molar-refractivity contribution in [1.82, 2.24) is 5.32 Å². The van der Waals surface area contributed by atoms with Gasteiger partial charge in [-0.15, -0.1) is 0 Å². The smallest absolute Gasteiger partial charge is 0.180 e. The van der Waals surface area contributed by atoms with Gasteiger partial charge in [0.2, 0.25) is 0 Å². The lowest BCUT2D eigenvalue weighted by molar-refractivity contribution is 0.230. The van der Waals surface area contributed by atoms with Gasteiger partial charge in [-0.05, 0) is 43.2 Å². The second kappa shape index (κ2) is 8.44. The first kappa shape index (κ1) is 17.9. The van der Waals surface area contributed by atoms with Crippen molar-refractivity contribution in [2.24, 2.45) is 0 Å². The molecule has 1 N–H and O–H groups in total. The summed E-state index contributed by atoms with van der Waals surface area (Å²) < 4.78 is 11.1. The fourth-order valence-corrected chi connectivity index (χ4v) is 2.69. The van der Waals surface area contributed by atoms with Crippen molar-refractivity contribution >= 4 is 23.2 Å². The third-order valence-corrected chi connectivity index (χ3v) is 3.89. The molecule has 0 aliphatic rings. The van der Waals surface area contributed by atoms with E-state index in [1.807, 2.05) is 50.2 Å². The third kappa shape index (κ3) is 5.03. The molecule has 0 aliphatic carbocycles. The lowest BCUT2D eigenvalue weighted by Gasteiger charge is -2.16. The Kier molecular flexibility index (Phi) is 6.58. The summed E-state index contributed by atoms with van der Waals surface area (Å²) in [6.45, 7) is 5.25. The van der Waals surface area contributed by atoms with Crippen molar-refractivity contribution in [3.63, 3.8) is 0 Å². The van der Waals surface area contributed by atoms with Gasteiger partial charge in [0.25, 0.3) is 0 Å². The molecular formula is C18H21Cl2NO2. The Labute approximate surface area is 147 Å². The number of methoxy groups -OCH3 is 1. The summed E-state index contributed by atoms with van der Waals surface area (Å²) in [5.74, 6) is 1.22. The SMILES string of the molecule is COc1cc(CNCc2ccccc2Cl)cc(Cl)c1OC(C)C. The minimum atomic E-state index is 0.0330. The highest BCUT2D eigenvalue weighted by molar-refractivity contribution is 6.32. The number of benzene rings is 2. The first-order chi connectivity index (χ1) is 11.0. The Balaban J connectivity index is 2.06. The molecule has 0 aromatic heterocycles. The summed E-state index contributed by atoms with van der Waals surface area (Å²) in [6, 6.07) is 11.6. The zero-order valence-electron chi connectivity index (χ0n) is 13.5. The van der Waals surface area contributed by atoms with Crippen LogP contribution < -0.4 is 14.8 Å². The molecule has 0 amide bonds. The molecule has 0 spiro atoms. The van der Waals surface area contributed by atoms with Crippen LogP contribution in [0, 0.1) is 0 Å². The van der Waals surface area contributed by atoms with Gasteiger partial charge in [0.1, 0.15) is 0 Å². The van der Waals surface area contributed by atoms with Gasteiger partial charge in [0.15, 0.2) is 11.5 Å². The van der Waals surface area contributed by atoms with E-state index in [4.69, 9.17) is 32.7 Å². The molecule has 0 saturated carbocycles. The maximum absolute atomic E-state index is 6.32. The van der Waals surface area contributed by atoms with Gasteiger partial charge in [0, 0.05) is 18.1 Å². The predicted octanol–water partition coefficient (Wildman–Crippen LogP) is 5.08. The molecule has 2 rings (SSSR count). The van der Waals surface area contributed by atoms with Crippen molar-refractivity contribution in [3.8, 4) is 11.5 Å². The Morgan fingerprint density at radius 1 is 1.04 bits per heavy atom. The number of halogens is 2. The highest BCUT2D eigenvalue weighted by Gasteiger charge is 2.13. The molecule has 0 saturated heterocycles. The van der Waals surface area contributed by atoms with Gasteiger partial charge < -0.3 is 14.8 Å². The Morgan fingerprint density at radius 3 is 2.43 bits per heavy atom. The summed E-state index contributed by atoms with van der Waals surface area (Å²) in [6.07, 6.45) is 0.0330. The van der Waals surface area contributed by atoms with Crippen LogP contribution >= 0.6 is 23.2 Å². The van der Waals surface area contributed by atoms with E-state index in [0.717, 1.165) is 16.1 Å². The molecule has 0 fully saturated rings. The van der Waals surface area contributed by atoms with E-state index in [-0.39, 0.29) is 6.10 Å². The van der Waals surface area contributed by atoms with Gasteiger partial charge in [-0.25, -0.2) is 0 Å². The number of ether oxygens (including phenoxy) is 2. The maximum Gasteiger partial charge on any atom is 0.180 e. The topological polar surface area (TPSA) is 30.5 Å². The van der Waals surface area contributed by atoms with Crippen molar-refractivity contribution in [2.75, 3.05) is 7.11 Å². The molecular weight excluding hydrogens is 333 g/mol. The van der Waals surface area contributed by atoms with Crippen LogP contribution in [0.3, 0.4) is 0 Å². The van der Waals surface area contributed by atoms with Crippen LogP contribution in [0.1, 0.15) is 25.0 Å². The molecule has 124 valence electrons. The fraction of sp³-hybridized carbons (Fsp3) is 0.333. The molecule has 0 radical (unpaired) electrons. The summed E-state index contributed by atoms with van der Waals surface area (Å²) in [4.78, 5) is 0. The summed E-state index contributed by atoms with van der Waals surface area (Å²) in [5.41, 5.74) is 2.09. The van der Waals surface area contributed by atoms with E-state index in [9.17, 15) is 0 Å². The minimum Gasteiger partial charge on any atom is -0.493 e. The number of rotatable bonds is 7. The Bertz CT molecular complexity index is 659. The van der Waals surface area contributed by atoms with Gasteiger partial charge in [-0.3, -0.25) is 0 Å². The fourth-order valence-electron chi connectivity index (χ4n) is 2.21. The lowest BCUT2D eigenvalue weighted by Crippen LogP contribution is -2.13. The molecule has 0 unspecified atom stereocenters. The van der Waals surface area contributed by atoms with Gasteiger partial charge in [0.05, 0.1) is 18.2 Å². The van der Waals surface area contributed by atoms with Gasteiger partial charge in [-0.2, -0.15) is 0 Å². The van der Waals surface area contributed by atoms with E-state index < -0.39 is 0 Å². The zero-order valence-corrected chi connectivity index (χ0v) is 15.0. The van der Waals surface area contributed by atoms with Crippen LogP contribution in [0.15, 0.2) is 36.4 Å². The molecule has 3 nitrogen and oxygen atoms in total. The van der Waals surface area contributed by atoms with E-state index in [1.54, 1.807) is 7.11 Å². The van der Waals surface area contributed by atoms with E-state index in [1.165, 1.54) is 0 Å². The first-order valence-electron chi connectivity index (χ1n) is 7.48. The summed E-state index contributed by atoms with van der Waals surface area (Å²) in [5, 5.41) is 4.67. The second-order valence-electron chi connectivity index (χ2n) is 5.47. The molecule has 0 heterocycles. The summed E-state index contributed by atoms with van der Waals surface area (Å²) in [7, 11) is 1.61. The number of hydrogen-bond acceptors (Lipinski definition) is 3. The first-order valence-corrected chi connectivity index (χ1v) is 8.24. The van der Waals surface area contributed by atoms with Crippen LogP contribution in [0.5, 0.6) is 11.5 Å². The van der Waals surface area contributed by atoms with Crippen LogP contribution in [-0.2, 0) is 13.1 Å². The van der Waals surface area contributed by atoms with E-state index in [2.05, 4.69) is 5.32 Å². The van der Waals surface area contributed by atoms with Crippen molar-refractivity contribution < 1.29 is 9.47 Å². The molecule has 2 aromatic rings. The molecule has 2 aromatic carbocycles. The van der Waals surface area contributed by atoms with Crippen LogP contribution in [-0.4, -0.2) is 13.2 Å². The standard InChI is InChI=1S/C18H21Cl2NO2/c1-12(2)23-18-16(20)8-13(9-17(18)22-3)10-21-11-14-6-4-5-7-15(14)19/h4-9,12,21H,10-11H2,1-3H3. The average Bonchev–Trinajstić information content (AvgIpc) is 2.51. The number of nitrogens with one attached hydrogen (secondary N) is 1. The molecule has 23 heavy (non-hydrogen) atoms. The van der Waals surface area contributed by atoms with Crippen LogP contribution in [0.2, 0.25) is 10.0 Å². The van der Waals surface area contributed by atoms with Crippen molar-refractivity contribution in [3.05, 3.63) is 57.6 Å². The van der Waals surface area contributed by atoms with Crippen LogP contribution in [0.4, 0.5) is 0 Å². The Morgan fingerprint density at radius 2 is 1.78 bits per heavy atom. The van der Waals surface area contributed by atoms with Crippen molar-refractivity contribution in [1.29, 1.82) is 0 Å². The Hall–Kier alpha value is -1.42. The maximum atomic E-state index is 6.32. The van der Waals surface area contributed by atoms with Crippen molar-refractivity contribution in [2.45, 2.75) is 33.0 Å². The van der Waals surface area contributed by atoms with Crippen LogP contribution in [0.25, 0.3) is 0 Å². The van der Waals surface area contributed by atoms with Gasteiger partial charge in [-0.1, -0.05) is 41.4 Å². The zero-order chi connectivity index (χ0) is 16.8. The molecule has 0 atom stereocenters. The minimum absolute atomic E-state index is 0.0330. The average molecular weight is 354 g/mol. The molecule has 5 heteroatoms. The normalized spacial score (nSPS) is 10.9. The highest BCUT2D eigenvalue weighted by atomic mass is 35.5. The monoisotopic (exact) mass is 353 g/mol. The quantitative estimate of drug-likeness (QED) is 0.752. The largest absolute Gasteiger partial charge is 0.493 e. The summed E-state index contributed by atoms with van der Waals surface area (Å²) >= 11 is 12.5. The van der Waals surface area contributed by atoms with E-state index >= 15 is 0 Å². The molecule has 0 bridgehead atoms.